The van der Waals surface area contributed by atoms with Gasteiger partial charge in [-0.05, 0) is 17.7 Å². The minimum absolute atomic E-state index is 0.0734. The lowest BCUT2D eigenvalue weighted by Gasteiger charge is -2.16. The number of nitrogens with zero attached hydrogens (tertiary/aromatic N) is 2. The highest BCUT2D eigenvalue weighted by atomic mass is 19.4. The SMILES string of the molecule is COc1c(F)ccc(-c2ccccc2)c1NC(=O)c1cn(C)nc1C(F)(F)F. The Labute approximate surface area is 157 Å². The largest absolute Gasteiger partial charge is 0.492 e. The van der Waals surface area contributed by atoms with Gasteiger partial charge in [0.15, 0.2) is 17.3 Å². The van der Waals surface area contributed by atoms with Crippen molar-refractivity contribution in [2.24, 2.45) is 7.05 Å². The minimum Gasteiger partial charge on any atom is -0.492 e. The van der Waals surface area contributed by atoms with Gasteiger partial charge in [0, 0.05) is 18.8 Å². The van der Waals surface area contributed by atoms with Crippen molar-refractivity contribution < 1.29 is 27.1 Å². The van der Waals surface area contributed by atoms with Crippen molar-refractivity contribution in [3.05, 3.63) is 65.7 Å². The van der Waals surface area contributed by atoms with Crippen LogP contribution >= 0.6 is 0 Å². The Morgan fingerprint density at radius 1 is 1.14 bits per heavy atom. The van der Waals surface area contributed by atoms with Crippen molar-refractivity contribution in [2.75, 3.05) is 12.4 Å². The second-order valence-corrected chi connectivity index (χ2v) is 5.89. The van der Waals surface area contributed by atoms with E-state index in [1.54, 1.807) is 30.3 Å². The van der Waals surface area contributed by atoms with Crippen LogP contribution in [0.25, 0.3) is 11.1 Å². The Morgan fingerprint density at radius 3 is 2.43 bits per heavy atom. The summed E-state index contributed by atoms with van der Waals surface area (Å²) in [5.74, 6) is -2.13. The number of carbonyl (C=O) groups excluding carboxylic acids is 1. The zero-order chi connectivity index (χ0) is 20.5. The highest BCUT2D eigenvalue weighted by Gasteiger charge is 2.39. The standard InChI is InChI=1S/C19H15F4N3O2/c1-26-10-13(17(25-26)19(21,22)23)18(27)24-15-12(11-6-4-3-5-7-11)8-9-14(20)16(15)28-2/h3-10H,1-2H3,(H,24,27). The van der Waals surface area contributed by atoms with Gasteiger partial charge in [-0.2, -0.15) is 18.3 Å². The van der Waals surface area contributed by atoms with Gasteiger partial charge in [-0.1, -0.05) is 30.3 Å². The Hall–Kier alpha value is -3.36. The Kier molecular flexibility index (Phi) is 5.08. The molecule has 0 bridgehead atoms. The van der Waals surface area contributed by atoms with Gasteiger partial charge < -0.3 is 10.1 Å². The van der Waals surface area contributed by atoms with Crippen LogP contribution < -0.4 is 10.1 Å². The molecule has 5 nitrogen and oxygen atoms in total. The molecule has 0 radical (unpaired) electrons. The van der Waals surface area contributed by atoms with Crippen molar-refractivity contribution in [3.63, 3.8) is 0 Å². The van der Waals surface area contributed by atoms with Gasteiger partial charge in [-0.3, -0.25) is 9.48 Å². The molecule has 1 amide bonds. The fourth-order valence-electron chi connectivity index (χ4n) is 2.78. The molecule has 3 rings (SSSR count). The summed E-state index contributed by atoms with van der Waals surface area (Å²) in [5, 5.41) is 5.67. The average Bonchev–Trinajstić information content (AvgIpc) is 3.05. The molecule has 1 N–H and O–H groups in total. The molecule has 9 heteroatoms. The molecule has 2 aromatic carbocycles. The van der Waals surface area contributed by atoms with Gasteiger partial charge in [-0.25, -0.2) is 4.39 Å². The molecule has 0 aliphatic rings. The Balaban J connectivity index is 2.10. The molecule has 0 aliphatic carbocycles. The number of hydrogen-bond acceptors (Lipinski definition) is 3. The Morgan fingerprint density at radius 2 is 1.82 bits per heavy atom. The zero-order valence-corrected chi connectivity index (χ0v) is 14.8. The third-order valence-electron chi connectivity index (χ3n) is 3.98. The first kappa shape index (κ1) is 19.4. The molecule has 0 saturated carbocycles. The predicted molar refractivity (Wildman–Crippen MR) is 94.6 cm³/mol. The van der Waals surface area contributed by atoms with E-state index in [9.17, 15) is 22.4 Å². The molecule has 0 fully saturated rings. The molecule has 146 valence electrons. The second kappa shape index (κ2) is 7.34. The molecular formula is C19H15F4N3O2. The third-order valence-corrected chi connectivity index (χ3v) is 3.98. The number of carbonyl (C=O) groups is 1. The second-order valence-electron chi connectivity index (χ2n) is 5.89. The number of hydrogen-bond donors (Lipinski definition) is 1. The van der Waals surface area contributed by atoms with Crippen LogP contribution in [0.3, 0.4) is 0 Å². The number of amides is 1. The number of alkyl halides is 3. The normalized spacial score (nSPS) is 11.4. The van der Waals surface area contributed by atoms with Crippen molar-refractivity contribution in [1.29, 1.82) is 0 Å². The number of aromatic nitrogens is 2. The van der Waals surface area contributed by atoms with Crippen LogP contribution in [0.4, 0.5) is 23.2 Å². The molecular weight excluding hydrogens is 378 g/mol. The van der Waals surface area contributed by atoms with Crippen molar-refractivity contribution in [3.8, 4) is 16.9 Å². The van der Waals surface area contributed by atoms with Gasteiger partial charge >= 0.3 is 6.18 Å². The van der Waals surface area contributed by atoms with Crippen LogP contribution in [0.5, 0.6) is 5.75 Å². The lowest BCUT2D eigenvalue weighted by Crippen LogP contribution is -2.18. The molecule has 1 heterocycles. The maximum atomic E-state index is 14.2. The fraction of sp³-hybridized carbons (Fsp3) is 0.158. The number of ether oxygens (including phenoxy) is 1. The molecule has 3 aromatic rings. The van der Waals surface area contributed by atoms with E-state index < -0.39 is 29.2 Å². The number of benzene rings is 2. The zero-order valence-electron chi connectivity index (χ0n) is 14.8. The van der Waals surface area contributed by atoms with Gasteiger partial charge in [0.2, 0.25) is 0 Å². The average molecular weight is 393 g/mol. The van der Waals surface area contributed by atoms with E-state index in [4.69, 9.17) is 4.74 Å². The van der Waals surface area contributed by atoms with E-state index in [1.165, 1.54) is 20.2 Å². The molecule has 1 aromatic heterocycles. The highest BCUT2D eigenvalue weighted by molar-refractivity contribution is 6.08. The van der Waals surface area contributed by atoms with Gasteiger partial charge in [0.25, 0.3) is 5.91 Å². The van der Waals surface area contributed by atoms with Crippen LogP contribution in [-0.4, -0.2) is 22.8 Å². The lowest BCUT2D eigenvalue weighted by atomic mass is 10.0. The van der Waals surface area contributed by atoms with Crippen LogP contribution in [0, 0.1) is 5.82 Å². The summed E-state index contributed by atoms with van der Waals surface area (Å²) in [6.07, 6.45) is -3.87. The van der Waals surface area contributed by atoms with E-state index in [2.05, 4.69) is 10.4 Å². The number of rotatable bonds is 4. The quantitative estimate of drug-likeness (QED) is 0.664. The Bertz CT molecular complexity index is 1010. The van der Waals surface area contributed by atoms with Crippen LogP contribution in [-0.2, 0) is 13.2 Å². The molecule has 0 aliphatic heterocycles. The smallest absolute Gasteiger partial charge is 0.435 e. The van der Waals surface area contributed by atoms with E-state index >= 15 is 0 Å². The number of methoxy groups -OCH3 is 1. The van der Waals surface area contributed by atoms with Crippen LogP contribution in [0.2, 0.25) is 0 Å². The first-order valence-electron chi connectivity index (χ1n) is 8.06. The predicted octanol–water partition coefficient (Wildman–Crippen LogP) is 4.51. The summed E-state index contributed by atoms with van der Waals surface area (Å²) in [4.78, 5) is 12.6. The summed E-state index contributed by atoms with van der Waals surface area (Å²) in [6, 6.07) is 11.2. The van der Waals surface area contributed by atoms with Crippen molar-refractivity contribution >= 4 is 11.6 Å². The molecule has 0 unspecified atom stereocenters. The summed E-state index contributed by atoms with van der Waals surface area (Å²) in [5.41, 5.74) is -1.07. The monoisotopic (exact) mass is 393 g/mol. The molecule has 28 heavy (non-hydrogen) atoms. The summed E-state index contributed by atoms with van der Waals surface area (Å²) in [6.45, 7) is 0. The van der Waals surface area contributed by atoms with E-state index in [-0.39, 0.29) is 11.4 Å². The summed E-state index contributed by atoms with van der Waals surface area (Å²) >= 11 is 0. The number of halogens is 4. The van der Waals surface area contributed by atoms with E-state index in [0.717, 1.165) is 16.9 Å². The maximum absolute atomic E-state index is 14.2. The number of nitrogens with one attached hydrogen (secondary N) is 1. The van der Waals surface area contributed by atoms with Crippen LogP contribution in [0.15, 0.2) is 48.7 Å². The summed E-state index contributed by atoms with van der Waals surface area (Å²) < 4.78 is 59.7. The molecule has 0 saturated heterocycles. The van der Waals surface area contributed by atoms with Gasteiger partial charge in [-0.15, -0.1) is 0 Å². The van der Waals surface area contributed by atoms with Crippen LogP contribution in [0.1, 0.15) is 16.1 Å². The number of anilines is 1. The summed E-state index contributed by atoms with van der Waals surface area (Å²) in [7, 11) is 2.47. The van der Waals surface area contributed by atoms with E-state index in [0.29, 0.717) is 11.1 Å². The minimum atomic E-state index is -4.82. The maximum Gasteiger partial charge on any atom is 0.435 e. The third kappa shape index (κ3) is 3.68. The first-order chi connectivity index (χ1) is 13.2. The lowest BCUT2D eigenvalue weighted by molar-refractivity contribution is -0.141. The molecule has 0 atom stereocenters. The topological polar surface area (TPSA) is 56.1 Å². The fourth-order valence-corrected chi connectivity index (χ4v) is 2.78. The van der Waals surface area contributed by atoms with E-state index in [1.807, 2.05) is 0 Å². The van der Waals surface area contributed by atoms with Crippen molar-refractivity contribution in [1.82, 2.24) is 9.78 Å². The molecule has 0 spiro atoms. The van der Waals surface area contributed by atoms with Crippen molar-refractivity contribution in [2.45, 2.75) is 6.18 Å². The highest BCUT2D eigenvalue weighted by Crippen LogP contribution is 2.39. The van der Waals surface area contributed by atoms with Gasteiger partial charge in [0.05, 0.1) is 18.4 Å². The first-order valence-corrected chi connectivity index (χ1v) is 8.06. The van der Waals surface area contributed by atoms with Gasteiger partial charge in [0.1, 0.15) is 0 Å². The number of aryl methyl sites for hydroxylation is 1.